The van der Waals surface area contributed by atoms with Gasteiger partial charge in [0.1, 0.15) is 25.4 Å². The van der Waals surface area contributed by atoms with Crippen LogP contribution in [0.15, 0.2) is 219 Å². The van der Waals surface area contributed by atoms with Gasteiger partial charge in [-0.25, -0.2) is 37.5 Å². The van der Waals surface area contributed by atoms with Crippen molar-refractivity contribution < 1.29 is 75.6 Å². The number of hydrogen-bond acceptors (Lipinski definition) is 14. The molecule has 6 aromatic carbocycles. The van der Waals surface area contributed by atoms with Gasteiger partial charge < -0.3 is 28.4 Å². The molecule has 20 heteroatoms. The third-order valence-corrected chi connectivity index (χ3v) is 13.3. The fourth-order valence-electron chi connectivity index (χ4n) is 9.10. The fourth-order valence-corrected chi connectivity index (χ4v) is 9.10. The summed E-state index contributed by atoms with van der Waals surface area (Å²) in [5, 5.41) is 0. The third kappa shape index (κ3) is 17.4. The highest BCUT2D eigenvalue weighted by Gasteiger charge is 2.54. The lowest BCUT2D eigenvalue weighted by Gasteiger charge is -2.33. The maximum absolute atomic E-state index is 16.2. The molecule has 0 N–H and O–H groups in total. The van der Waals surface area contributed by atoms with Crippen molar-refractivity contribution in [1.82, 2.24) is 19.6 Å². The molecule has 3 heterocycles. The van der Waals surface area contributed by atoms with Crippen molar-refractivity contribution in [2.75, 3.05) is 39.4 Å². The quantitative estimate of drug-likeness (QED) is 0.0446. The van der Waals surface area contributed by atoms with Crippen LogP contribution in [0.5, 0.6) is 0 Å². The third-order valence-electron chi connectivity index (χ3n) is 13.3. The van der Waals surface area contributed by atoms with Gasteiger partial charge in [-0.05, 0) is 72.8 Å². The Balaban J connectivity index is 0.000000360. The first kappa shape index (κ1) is 70.6. The topological polar surface area (TPSA) is 205 Å². The highest BCUT2D eigenvalue weighted by atomic mass is 19.1. The van der Waals surface area contributed by atoms with Crippen LogP contribution in [0.4, 0.5) is 18.4 Å². The molecule has 18 nitrogen and oxygen atoms in total. The van der Waals surface area contributed by atoms with E-state index in [0.29, 0.717) is 5.56 Å². The van der Waals surface area contributed by atoms with Crippen molar-refractivity contribution in [3.63, 3.8) is 0 Å². The van der Waals surface area contributed by atoms with Gasteiger partial charge in [0.15, 0.2) is 37.0 Å². The number of urea groups is 2. The van der Waals surface area contributed by atoms with E-state index in [1.54, 1.807) is 170 Å². The zero-order valence-electron chi connectivity index (χ0n) is 45.2. The molecule has 9 rings (SSSR count). The van der Waals surface area contributed by atoms with Crippen molar-refractivity contribution in [1.29, 1.82) is 0 Å². The first-order valence-corrected chi connectivity index (χ1v) is 26.6. The fraction of sp³-hybridized carbons (Fsp3) is 0.265. The van der Waals surface area contributed by atoms with E-state index in [-0.39, 0.29) is 83.7 Å². The van der Waals surface area contributed by atoms with E-state index in [1.165, 1.54) is 36.4 Å². The van der Waals surface area contributed by atoms with Gasteiger partial charge in [0.25, 0.3) is 11.8 Å². The van der Waals surface area contributed by atoms with Crippen LogP contribution in [0.1, 0.15) is 91.9 Å². The molecule has 464 valence electrons. The van der Waals surface area contributed by atoms with Crippen LogP contribution in [0.25, 0.3) is 0 Å². The van der Waals surface area contributed by atoms with Crippen LogP contribution < -0.4 is 0 Å². The number of ether oxygens (including phenoxy) is 6. The predicted molar refractivity (Wildman–Crippen MR) is 327 cm³/mol. The summed E-state index contributed by atoms with van der Waals surface area (Å²) in [6, 6.07) is 47.1. The Labute approximate surface area is 512 Å². The predicted octanol–water partition coefficient (Wildman–Crippen LogP) is 11.9. The van der Waals surface area contributed by atoms with E-state index >= 15 is 8.78 Å². The van der Waals surface area contributed by atoms with Gasteiger partial charge in [0.2, 0.25) is 0 Å². The number of halogens is 2. The maximum Gasteiger partial charge on any atom is 0.338 e. The molecular formula is C68H74F2N4O14. The van der Waals surface area contributed by atoms with Crippen LogP contribution >= 0.6 is 0 Å². The number of alkyl halides is 2. The number of carbonyl (C=O) groups is 8. The Morgan fingerprint density at radius 1 is 0.500 bits per heavy atom. The number of amides is 6. The minimum atomic E-state index is -2.07. The van der Waals surface area contributed by atoms with Gasteiger partial charge in [-0.2, -0.15) is 0 Å². The Kier molecular flexibility index (Phi) is 27.5. The van der Waals surface area contributed by atoms with E-state index in [1.807, 2.05) is 0 Å². The van der Waals surface area contributed by atoms with Gasteiger partial charge in [-0.15, -0.1) is 13.2 Å². The number of rotatable bonds is 18. The van der Waals surface area contributed by atoms with Crippen molar-refractivity contribution >= 4 is 47.8 Å². The van der Waals surface area contributed by atoms with Gasteiger partial charge >= 0.3 is 35.9 Å². The number of esters is 4. The summed E-state index contributed by atoms with van der Waals surface area (Å²) in [6.45, 7) is 5.91. The molecule has 8 atom stereocenters. The first-order valence-electron chi connectivity index (χ1n) is 26.6. The molecule has 0 radical (unpaired) electrons. The zero-order valence-corrected chi connectivity index (χ0v) is 45.2. The Bertz CT molecular complexity index is 3290. The molecule has 6 aromatic rings. The van der Waals surface area contributed by atoms with Crippen molar-refractivity contribution in [2.24, 2.45) is 0 Å². The monoisotopic (exact) mass is 1210 g/mol. The molecule has 0 aliphatic carbocycles. The Hall–Kier alpha value is -9.92. The highest BCUT2D eigenvalue weighted by Crippen LogP contribution is 2.34. The van der Waals surface area contributed by atoms with Crippen LogP contribution in [0, 0.1) is 0 Å². The molecule has 6 amide bonds. The van der Waals surface area contributed by atoms with Crippen LogP contribution in [-0.2, 0) is 28.4 Å². The van der Waals surface area contributed by atoms with Gasteiger partial charge in [-0.1, -0.05) is 163 Å². The smallest absolute Gasteiger partial charge is 0.338 e. The van der Waals surface area contributed by atoms with Crippen LogP contribution in [-0.4, -0.2) is 156 Å². The molecule has 2 fully saturated rings. The van der Waals surface area contributed by atoms with Crippen molar-refractivity contribution in [2.45, 2.75) is 78.9 Å². The second-order valence-corrected chi connectivity index (χ2v) is 18.9. The van der Waals surface area contributed by atoms with Crippen molar-refractivity contribution in [3.05, 3.63) is 253 Å². The highest BCUT2D eigenvalue weighted by molar-refractivity contribution is 6.05. The number of benzene rings is 6. The normalized spacial score (nSPS) is 19.7. The van der Waals surface area contributed by atoms with E-state index in [2.05, 4.69) is 13.2 Å². The first-order chi connectivity index (χ1) is 40.8. The number of carbonyl (C=O) groups excluding carboxylic acids is 8. The number of hydrogen-bond donors (Lipinski definition) is 0. The summed E-state index contributed by atoms with van der Waals surface area (Å²) in [6.07, 6.45) is -6.82. The van der Waals surface area contributed by atoms with Crippen LogP contribution in [0.2, 0.25) is 0 Å². The summed E-state index contributed by atoms with van der Waals surface area (Å²) >= 11 is 0. The van der Waals surface area contributed by atoms with Crippen LogP contribution in [0.3, 0.4) is 0 Å². The maximum atomic E-state index is 16.2. The molecule has 0 bridgehead atoms. The summed E-state index contributed by atoms with van der Waals surface area (Å²) in [7, 11) is 0. The van der Waals surface area contributed by atoms with Gasteiger partial charge in [0.05, 0.1) is 22.3 Å². The second-order valence-electron chi connectivity index (χ2n) is 18.9. The lowest BCUT2D eigenvalue weighted by molar-refractivity contribution is -0.0754. The van der Waals surface area contributed by atoms with E-state index in [0.717, 1.165) is 19.6 Å². The molecule has 88 heavy (non-hydrogen) atoms. The molecule has 2 saturated heterocycles. The second kappa shape index (κ2) is 34.3. The van der Waals surface area contributed by atoms with Crippen molar-refractivity contribution in [3.8, 4) is 0 Å². The largest absolute Gasteiger partial charge is 0.459 e. The summed E-state index contributed by atoms with van der Waals surface area (Å²) in [4.78, 5) is 109. The molecule has 1 unspecified atom stereocenters. The summed E-state index contributed by atoms with van der Waals surface area (Å²) in [5.41, 5.74) is 1.43. The van der Waals surface area contributed by atoms with Gasteiger partial charge in [-0.3, -0.25) is 29.2 Å². The lowest BCUT2D eigenvalue weighted by Crippen LogP contribution is -2.53. The number of nitrogens with zero attached hydrogens (tertiary/aromatic N) is 4. The molecule has 0 spiro atoms. The molecule has 0 saturated carbocycles. The summed E-state index contributed by atoms with van der Waals surface area (Å²) in [5.74, 6) is -4.18. The molecule has 0 aromatic heterocycles. The average molecular weight is 1210 g/mol. The Morgan fingerprint density at radius 3 is 1.31 bits per heavy atom. The lowest BCUT2D eigenvalue weighted by atomic mass is 10.1. The average Bonchev–Trinajstić information content (AvgIpc) is 2.40. The zero-order chi connectivity index (χ0) is 59.5. The van der Waals surface area contributed by atoms with E-state index in [9.17, 15) is 38.4 Å². The Morgan fingerprint density at radius 2 is 0.875 bits per heavy atom. The molecule has 3 aliphatic rings. The SMILES string of the molecule is C.C.C.C.C=CCN(C(=O)c1ccccc1)C(=O)N(CC=C)C1O[C@H](COC(=O)c2ccccc2)[C@@H](OC(=O)c2ccccc2)[C@@H]1F.O=C(OC[C@H]1O[C@@H](N2CC=CCN(C(=O)c3ccccc3)C2=O)[C@@H](F)[C@@H]1OC(=O)c1ccccc1)c1ccccc1. The minimum absolute atomic E-state index is 0. The minimum Gasteiger partial charge on any atom is -0.459 e. The summed E-state index contributed by atoms with van der Waals surface area (Å²) < 4.78 is 66.0. The molecule has 3 aliphatic heterocycles. The standard InChI is InChI=1S/C33H31FN2O7.C31H27FN2O7.4CH4/c1-3-20-35(29(37)23-14-8-5-9-15-23)33(40)36(21-4-2)30-27(34)28(43-32(39)25-18-12-7-13-19-25)26(42-30)22-41-31(38)24-16-10-6-11-17-24;32-25-26(41-30(37)23-16-8-3-9-17-23)24(20-39-29(36)22-14-6-2-7-15-22)40-28(25)34-19-11-10-18-33(31(34)38)27(35)21-12-4-1-5-13-21;;;;/h3-19,26-28,30H,1-2,20-22H2;1-17,24-26,28H,18-20H2;4*1H4/t26-,27+,28-,30?;24-,25+,26-,28-;;;;/m11..../s1. The molecular weight excluding hydrogens is 1130 g/mol. The van der Waals surface area contributed by atoms with E-state index in [4.69, 9.17) is 28.4 Å². The number of imide groups is 2. The van der Waals surface area contributed by atoms with E-state index < -0.39 is 110 Å². The van der Waals surface area contributed by atoms with Gasteiger partial charge in [0, 0.05) is 37.3 Å².